The van der Waals surface area contributed by atoms with Gasteiger partial charge in [0, 0.05) is 17.7 Å². The summed E-state index contributed by atoms with van der Waals surface area (Å²) in [5, 5.41) is 27.8. The van der Waals surface area contributed by atoms with Gasteiger partial charge in [0.05, 0.1) is 17.6 Å². The van der Waals surface area contributed by atoms with Gasteiger partial charge in [-0.3, -0.25) is 9.89 Å². The summed E-state index contributed by atoms with van der Waals surface area (Å²) in [4.78, 5) is 14.9. The number of hydrogen-bond donors (Lipinski definition) is 3. The number of nitrogens with one attached hydrogen (secondary N) is 1. The van der Waals surface area contributed by atoms with Crippen molar-refractivity contribution in [2.24, 2.45) is 0 Å². The lowest BCUT2D eigenvalue weighted by Crippen LogP contribution is -2.30. The lowest BCUT2D eigenvalue weighted by molar-refractivity contribution is 0.0743. The summed E-state index contributed by atoms with van der Waals surface area (Å²) in [5.41, 5.74) is 2.95. The number of aromatic amines is 1. The molecule has 1 amide bonds. The number of benzene rings is 2. The van der Waals surface area contributed by atoms with E-state index in [4.69, 9.17) is 4.74 Å². The molecule has 8 heteroatoms. The molecule has 0 aliphatic carbocycles. The number of rotatable bonds is 5. The molecule has 1 aromatic heterocycles. The van der Waals surface area contributed by atoms with Crippen LogP contribution < -0.4 is 4.74 Å². The zero-order valence-electron chi connectivity index (χ0n) is 15.9. The van der Waals surface area contributed by atoms with Crippen LogP contribution in [-0.2, 0) is 0 Å². The van der Waals surface area contributed by atoms with Gasteiger partial charge in [-0.2, -0.15) is 5.10 Å². The molecule has 0 fully saturated rings. The number of ether oxygens (including phenoxy) is 1. The standard InChI is InChI=1S/C21H20BrN3O4/c1-3-8-25-19(11-9-13(22)20(27)15(10-11)29-2)16-17(23-24-18(16)21(25)28)12-6-4-5-7-14(12)26/h4-7,9-10,19,26-27H,3,8H2,1-2H3,(H,23,24)/t19-/m1/s1. The highest BCUT2D eigenvalue weighted by molar-refractivity contribution is 9.10. The van der Waals surface area contributed by atoms with Crippen molar-refractivity contribution in [2.45, 2.75) is 19.4 Å². The van der Waals surface area contributed by atoms with Crippen LogP contribution in [0.2, 0.25) is 0 Å². The lowest BCUT2D eigenvalue weighted by atomic mass is 9.95. The van der Waals surface area contributed by atoms with Gasteiger partial charge >= 0.3 is 0 Å². The van der Waals surface area contributed by atoms with Crippen LogP contribution in [0.15, 0.2) is 40.9 Å². The Labute approximate surface area is 176 Å². The Kier molecular flexibility index (Phi) is 4.96. The number of methoxy groups -OCH3 is 1. The molecular weight excluding hydrogens is 438 g/mol. The summed E-state index contributed by atoms with van der Waals surface area (Å²) in [6.07, 6.45) is 0.780. The number of carbonyl (C=O) groups excluding carboxylic acids is 1. The van der Waals surface area contributed by atoms with Gasteiger partial charge in [0.25, 0.3) is 5.91 Å². The first-order valence-electron chi connectivity index (χ1n) is 9.21. The molecule has 2 aromatic carbocycles. The maximum absolute atomic E-state index is 13.1. The number of nitrogens with zero attached hydrogens (tertiary/aromatic N) is 2. The zero-order valence-corrected chi connectivity index (χ0v) is 17.5. The number of phenolic OH excluding ortho intramolecular Hbond substituents is 2. The number of para-hydroxylation sites is 1. The van der Waals surface area contributed by atoms with E-state index in [2.05, 4.69) is 26.1 Å². The summed E-state index contributed by atoms with van der Waals surface area (Å²) >= 11 is 3.37. The minimum Gasteiger partial charge on any atom is -0.507 e. The van der Waals surface area contributed by atoms with Crippen molar-refractivity contribution in [2.75, 3.05) is 13.7 Å². The smallest absolute Gasteiger partial charge is 0.273 e. The monoisotopic (exact) mass is 457 g/mol. The number of hydrogen-bond acceptors (Lipinski definition) is 5. The van der Waals surface area contributed by atoms with Crippen molar-refractivity contribution in [3.63, 3.8) is 0 Å². The molecule has 0 bridgehead atoms. The van der Waals surface area contributed by atoms with E-state index in [1.54, 1.807) is 35.2 Å². The van der Waals surface area contributed by atoms with Crippen molar-refractivity contribution in [1.82, 2.24) is 15.1 Å². The van der Waals surface area contributed by atoms with E-state index in [9.17, 15) is 15.0 Å². The molecule has 0 saturated heterocycles. The maximum atomic E-state index is 13.1. The molecule has 1 aliphatic heterocycles. The quantitative estimate of drug-likeness (QED) is 0.532. The third kappa shape index (κ3) is 3.04. The predicted octanol–water partition coefficient (Wildman–Crippen LogP) is 4.21. The molecule has 1 aliphatic rings. The molecule has 0 unspecified atom stereocenters. The molecule has 29 heavy (non-hydrogen) atoms. The fourth-order valence-corrected chi connectivity index (χ4v) is 4.26. The zero-order chi connectivity index (χ0) is 20.7. The average molecular weight is 458 g/mol. The first-order chi connectivity index (χ1) is 14.0. The van der Waals surface area contributed by atoms with E-state index >= 15 is 0 Å². The second-order valence-electron chi connectivity index (χ2n) is 6.83. The number of aromatic nitrogens is 2. The molecule has 0 saturated carbocycles. The predicted molar refractivity (Wildman–Crippen MR) is 111 cm³/mol. The Hall–Kier alpha value is -3.00. The molecule has 7 nitrogen and oxygen atoms in total. The van der Waals surface area contributed by atoms with Crippen molar-refractivity contribution in [1.29, 1.82) is 0 Å². The second-order valence-corrected chi connectivity index (χ2v) is 7.69. The summed E-state index contributed by atoms with van der Waals surface area (Å²) in [6.45, 7) is 2.56. The molecule has 3 aromatic rings. The van der Waals surface area contributed by atoms with E-state index in [0.29, 0.717) is 39.3 Å². The number of carbonyl (C=O) groups is 1. The van der Waals surface area contributed by atoms with Gasteiger partial charge in [-0.1, -0.05) is 19.1 Å². The van der Waals surface area contributed by atoms with Crippen LogP contribution in [0.25, 0.3) is 11.3 Å². The topological polar surface area (TPSA) is 98.7 Å². The highest BCUT2D eigenvalue weighted by Gasteiger charge is 2.42. The van der Waals surface area contributed by atoms with E-state index in [1.165, 1.54) is 7.11 Å². The van der Waals surface area contributed by atoms with Crippen molar-refractivity contribution < 1.29 is 19.7 Å². The normalized spacial score (nSPS) is 15.6. The number of amides is 1. The van der Waals surface area contributed by atoms with Crippen molar-refractivity contribution in [3.8, 4) is 28.5 Å². The van der Waals surface area contributed by atoms with Gasteiger partial charge in [0.2, 0.25) is 0 Å². The number of aromatic hydroxyl groups is 2. The fourth-order valence-electron chi connectivity index (χ4n) is 3.80. The van der Waals surface area contributed by atoms with Crippen LogP contribution in [-0.4, -0.2) is 44.9 Å². The van der Waals surface area contributed by atoms with Gasteiger partial charge in [0.1, 0.15) is 17.1 Å². The summed E-state index contributed by atoms with van der Waals surface area (Å²) in [6, 6.07) is 9.96. The molecule has 0 radical (unpaired) electrons. The van der Waals surface area contributed by atoms with Crippen LogP contribution in [0.1, 0.15) is 41.0 Å². The Balaban J connectivity index is 1.95. The molecule has 1 atom stereocenters. The minimum absolute atomic E-state index is 0.00374. The molecule has 0 spiro atoms. The van der Waals surface area contributed by atoms with Gasteiger partial charge in [-0.05, 0) is 52.2 Å². The number of phenols is 2. The molecule has 3 N–H and O–H groups in total. The molecule has 4 rings (SSSR count). The van der Waals surface area contributed by atoms with E-state index < -0.39 is 6.04 Å². The van der Waals surface area contributed by atoms with Crippen molar-refractivity contribution >= 4 is 21.8 Å². The minimum atomic E-state index is -0.434. The largest absolute Gasteiger partial charge is 0.507 e. The lowest BCUT2D eigenvalue weighted by Gasteiger charge is -2.26. The molecule has 2 heterocycles. The SMILES string of the molecule is CCCN1C(=O)c2[nH]nc(-c3ccccc3O)c2[C@H]1c1cc(Br)c(O)c(OC)c1. The van der Waals surface area contributed by atoms with Crippen LogP contribution >= 0.6 is 15.9 Å². The second kappa shape index (κ2) is 7.44. The molecule has 150 valence electrons. The van der Waals surface area contributed by atoms with Crippen LogP contribution in [0.5, 0.6) is 17.2 Å². The highest BCUT2D eigenvalue weighted by Crippen LogP contribution is 2.47. The number of halogens is 1. The Morgan fingerprint density at radius 3 is 2.72 bits per heavy atom. The van der Waals surface area contributed by atoms with Crippen LogP contribution in [0.3, 0.4) is 0 Å². The van der Waals surface area contributed by atoms with Gasteiger partial charge in [0.15, 0.2) is 11.5 Å². The van der Waals surface area contributed by atoms with Gasteiger partial charge in [-0.25, -0.2) is 0 Å². The number of fused-ring (bicyclic) bond motifs is 1. The average Bonchev–Trinajstić information content (AvgIpc) is 3.24. The third-order valence-electron chi connectivity index (χ3n) is 5.07. The highest BCUT2D eigenvalue weighted by atomic mass is 79.9. The van der Waals surface area contributed by atoms with E-state index in [1.807, 2.05) is 13.0 Å². The first-order valence-corrected chi connectivity index (χ1v) is 10.0. The van der Waals surface area contributed by atoms with Crippen LogP contribution in [0, 0.1) is 0 Å². The summed E-state index contributed by atoms with van der Waals surface area (Å²) < 4.78 is 5.77. The van der Waals surface area contributed by atoms with E-state index in [0.717, 1.165) is 12.0 Å². The van der Waals surface area contributed by atoms with Crippen molar-refractivity contribution in [3.05, 3.63) is 57.7 Å². The number of H-pyrrole nitrogens is 1. The summed E-state index contributed by atoms with van der Waals surface area (Å²) in [7, 11) is 1.48. The molecular formula is C21H20BrN3O4. The Morgan fingerprint density at radius 1 is 1.28 bits per heavy atom. The Bertz CT molecular complexity index is 1100. The van der Waals surface area contributed by atoms with Crippen LogP contribution in [0.4, 0.5) is 0 Å². The van der Waals surface area contributed by atoms with E-state index in [-0.39, 0.29) is 17.4 Å². The first kappa shape index (κ1) is 19.3. The summed E-state index contributed by atoms with van der Waals surface area (Å²) in [5.74, 6) is 0.242. The van der Waals surface area contributed by atoms with Gasteiger partial charge < -0.3 is 19.8 Å². The fraction of sp³-hybridized carbons (Fsp3) is 0.238. The Morgan fingerprint density at radius 2 is 2.03 bits per heavy atom. The van der Waals surface area contributed by atoms with Gasteiger partial charge in [-0.15, -0.1) is 0 Å². The maximum Gasteiger partial charge on any atom is 0.273 e. The third-order valence-corrected chi connectivity index (χ3v) is 5.68.